The molecule has 0 bridgehead atoms. The highest BCUT2D eigenvalue weighted by Crippen LogP contribution is 2.64. The summed E-state index contributed by atoms with van der Waals surface area (Å²) in [7, 11) is -1.60. The first kappa shape index (κ1) is 33.3. The van der Waals surface area contributed by atoms with E-state index in [1.807, 2.05) is 24.3 Å². The van der Waals surface area contributed by atoms with Gasteiger partial charge < -0.3 is 33.7 Å². The summed E-state index contributed by atoms with van der Waals surface area (Å²) in [4.78, 5) is 30.4. The van der Waals surface area contributed by atoms with Crippen molar-refractivity contribution < 1.29 is 33.2 Å². The molecule has 248 valence electrons. The molecule has 3 aliphatic rings. The quantitative estimate of drug-likeness (QED) is 0.164. The number of carbonyl (C=O) groups is 1. The largest absolute Gasteiger partial charge is 0.394 e. The topological polar surface area (TPSA) is 157 Å². The van der Waals surface area contributed by atoms with Crippen LogP contribution in [0.5, 0.6) is 0 Å². The molecule has 3 fully saturated rings. The zero-order valence-corrected chi connectivity index (χ0v) is 27.1. The van der Waals surface area contributed by atoms with Gasteiger partial charge >= 0.3 is 5.69 Å². The minimum absolute atomic E-state index is 0.100. The number of benzene rings is 2. The maximum absolute atomic E-state index is 13.5. The van der Waals surface area contributed by atoms with E-state index in [0.717, 1.165) is 24.9 Å². The van der Waals surface area contributed by atoms with Crippen LogP contribution in [-0.2, 0) is 28.9 Å². The van der Waals surface area contributed by atoms with Crippen molar-refractivity contribution >= 4 is 20.3 Å². The van der Waals surface area contributed by atoms with Crippen LogP contribution in [0.4, 0.5) is 5.82 Å². The third-order valence-corrected chi connectivity index (χ3v) is 10.6. The third-order valence-electron chi connectivity index (χ3n) is 8.74. The van der Waals surface area contributed by atoms with Crippen molar-refractivity contribution in [2.24, 2.45) is 0 Å². The normalized spacial score (nSPS) is 28.6. The highest BCUT2D eigenvalue weighted by molar-refractivity contribution is 7.45. The molecule has 1 amide bonds. The standard InChI is InChI=1S/C33H38N5O8P/c1-22-19-37(32(41)36-29(22)35-30(40)23-11-5-3-6-12-23)31-28(43-21-42-18-10-16-34)27(25(20-39)44-31)45-47-38-17-9-15-26(38)33(2,46-47)24-13-7-4-8-14-24/h3-8,11-14,19,25-28,31,39H,9-10,15,17-18,20-21H2,1-2H3,(H,35,36,40,41)/t25-,26+,27?,28+,31-,33-,47+/m1/s1. The first-order valence-corrected chi connectivity index (χ1v) is 16.7. The summed E-state index contributed by atoms with van der Waals surface area (Å²) >= 11 is 0. The average molecular weight is 664 g/mol. The van der Waals surface area contributed by atoms with Crippen molar-refractivity contribution in [1.82, 2.24) is 14.2 Å². The van der Waals surface area contributed by atoms with Crippen molar-refractivity contribution in [2.45, 2.75) is 69.3 Å². The van der Waals surface area contributed by atoms with Gasteiger partial charge in [-0.25, -0.2) is 9.46 Å². The molecule has 1 unspecified atom stereocenters. The Hall–Kier alpha value is -3.57. The Labute approximate surface area is 273 Å². The van der Waals surface area contributed by atoms with Crippen molar-refractivity contribution in [3.63, 3.8) is 0 Å². The first-order valence-electron chi connectivity index (χ1n) is 15.6. The van der Waals surface area contributed by atoms with E-state index in [9.17, 15) is 14.7 Å². The number of carbonyl (C=O) groups excluding carboxylic acids is 1. The lowest BCUT2D eigenvalue weighted by atomic mass is 9.87. The van der Waals surface area contributed by atoms with Crippen molar-refractivity contribution in [2.75, 3.05) is 31.9 Å². The lowest BCUT2D eigenvalue weighted by Gasteiger charge is -2.29. The molecule has 0 aliphatic carbocycles. The molecule has 7 atom stereocenters. The van der Waals surface area contributed by atoms with Gasteiger partial charge in [0.1, 0.15) is 36.5 Å². The molecule has 4 heterocycles. The number of anilines is 1. The Bertz CT molecular complexity index is 1640. The zero-order valence-electron chi connectivity index (χ0n) is 26.2. The van der Waals surface area contributed by atoms with Crippen LogP contribution >= 0.6 is 8.53 Å². The van der Waals surface area contributed by atoms with Crippen LogP contribution in [0, 0.1) is 18.3 Å². The fourth-order valence-corrected chi connectivity index (χ4v) is 8.47. The van der Waals surface area contributed by atoms with Gasteiger partial charge in [-0.2, -0.15) is 10.2 Å². The molecule has 14 heteroatoms. The van der Waals surface area contributed by atoms with Crippen molar-refractivity contribution in [1.29, 1.82) is 5.26 Å². The van der Waals surface area contributed by atoms with Gasteiger partial charge in [0, 0.05) is 23.9 Å². The maximum Gasteiger partial charge on any atom is 0.351 e. The molecule has 2 N–H and O–H groups in total. The Balaban J connectivity index is 1.27. The van der Waals surface area contributed by atoms with Gasteiger partial charge in [0.05, 0.1) is 31.7 Å². The van der Waals surface area contributed by atoms with E-state index in [4.69, 9.17) is 28.5 Å². The first-order chi connectivity index (χ1) is 22.8. The number of nitrogens with one attached hydrogen (secondary N) is 1. The number of ether oxygens (including phenoxy) is 3. The Morgan fingerprint density at radius 2 is 1.94 bits per heavy atom. The van der Waals surface area contributed by atoms with E-state index >= 15 is 0 Å². The zero-order chi connectivity index (χ0) is 33.0. The number of aliphatic hydroxyl groups is 1. The van der Waals surface area contributed by atoms with Gasteiger partial charge in [-0.3, -0.25) is 9.36 Å². The molecular formula is C33H38N5O8P. The number of amides is 1. The molecule has 3 saturated heterocycles. The minimum Gasteiger partial charge on any atom is -0.394 e. The number of aromatic nitrogens is 2. The Morgan fingerprint density at radius 1 is 1.19 bits per heavy atom. The highest BCUT2D eigenvalue weighted by atomic mass is 31.2. The predicted octanol–water partition coefficient (Wildman–Crippen LogP) is 3.99. The summed E-state index contributed by atoms with van der Waals surface area (Å²) in [6, 6.07) is 20.8. The molecule has 2 aromatic carbocycles. The highest BCUT2D eigenvalue weighted by Gasteiger charge is 2.58. The smallest absolute Gasteiger partial charge is 0.351 e. The molecule has 47 heavy (non-hydrogen) atoms. The molecule has 3 aromatic rings. The maximum atomic E-state index is 13.5. The molecule has 3 aliphatic heterocycles. The van der Waals surface area contributed by atoms with E-state index in [0.29, 0.717) is 11.1 Å². The van der Waals surface area contributed by atoms with E-state index in [2.05, 4.69) is 34.0 Å². The second kappa shape index (κ2) is 14.7. The van der Waals surface area contributed by atoms with Gasteiger partial charge in [-0.1, -0.05) is 48.5 Å². The van der Waals surface area contributed by atoms with Crippen LogP contribution in [-0.4, -0.2) is 76.1 Å². The second-order valence-corrected chi connectivity index (χ2v) is 13.2. The summed E-state index contributed by atoms with van der Waals surface area (Å²) in [5, 5.41) is 22.1. The molecule has 13 nitrogen and oxygen atoms in total. The number of rotatable bonds is 12. The molecule has 0 saturated carbocycles. The van der Waals surface area contributed by atoms with Crippen molar-refractivity contribution in [3.05, 3.63) is 94.0 Å². The summed E-state index contributed by atoms with van der Waals surface area (Å²) in [6.45, 7) is 4.12. The lowest BCUT2D eigenvalue weighted by Crippen LogP contribution is -2.40. The molecule has 0 spiro atoms. The van der Waals surface area contributed by atoms with Gasteiger partial charge in [0.25, 0.3) is 14.4 Å². The van der Waals surface area contributed by atoms with Crippen LogP contribution in [0.2, 0.25) is 0 Å². The second-order valence-electron chi connectivity index (χ2n) is 11.8. The van der Waals surface area contributed by atoms with Crippen LogP contribution in [0.15, 0.2) is 71.7 Å². The minimum atomic E-state index is -1.60. The van der Waals surface area contributed by atoms with E-state index in [-0.39, 0.29) is 31.7 Å². The van der Waals surface area contributed by atoms with Crippen LogP contribution in [0.3, 0.4) is 0 Å². The van der Waals surface area contributed by atoms with E-state index < -0.39 is 56.9 Å². The third kappa shape index (κ3) is 6.88. The summed E-state index contributed by atoms with van der Waals surface area (Å²) in [5.41, 5.74) is 0.683. The lowest BCUT2D eigenvalue weighted by molar-refractivity contribution is -0.137. The number of hydrogen-bond acceptors (Lipinski definition) is 11. The van der Waals surface area contributed by atoms with Gasteiger partial charge in [-0.05, 0) is 44.4 Å². The molecule has 0 radical (unpaired) electrons. The number of aryl methyl sites for hydroxylation is 1. The Morgan fingerprint density at radius 3 is 2.66 bits per heavy atom. The average Bonchev–Trinajstić information content (AvgIpc) is 3.79. The van der Waals surface area contributed by atoms with Gasteiger partial charge in [-0.15, -0.1) is 0 Å². The fourth-order valence-electron chi connectivity index (χ4n) is 6.31. The Kier molecular flexibility index (Phi) is 10.4. The van der Waals surface area contributed by atoms with E-state index in [1.165, 1.54) is 10.8 Å². The fraction of sp³-hybridized carbons (Fsp3) is 0.455. The SMILES string of the molecule is Cc1cn([C@@H]2O[C@H](CO)C(O[P@@]3O[C@](C)(c4ccccc4)[C@@H]4CCCN43)[C@@H]2OCOCCC#N)c(=O)nc1NC(=O)c1ccccc1. The van der Waals surface area contributed by atoms with Crippen LogP contribution in [0.25, 0.3) is 0 Å². The van der Waals surface area contributed by atoms with Crippen molar-refractivity contribution in [3.8, 4) is 6.07 Å². The van der Waals surface area contributed by atoms with Gasteiger partial charge in [0.15, 0.2) is 6.23 Å². The van der Waals surface area contributed by atoms with E-state index in [1.54, 1.807) is 37.3 Å². The molecule has 6 rings (SSSR count). The molecular weight excluding hydrogens is 625 g/mol. The number of nitriles is 1. The number of nitrogens with zero attached hydrogens (tertiary/aromatic N) is 4. The molecule has 1 aromatic heterocycles. The summed E-state index contributed by atoms with van der Waals surface area (Å²) < 4.78 is 34.9. The van der Waals surface area contributed by atoms with Crippen LogP contribution in [0.1, 0.15) is 53.9 Å². The summed E-state index contributed by atoms with van der Waals surface area (Å²) in [6.07, 6.45) is -0.0449. The summed E-state index contributed by atoms with van der Waals surface area (Å²) in [5.74, 6) is -0.286. The number of hydrogen-bond donors (Lipinski definition) is 2. The number of aliphatic hydroxyl groups excluding tert-OH is 1. The monoisotopic (exact) mass is 663 g/mol. The predicted molar refractivity (Wildman–Crippen MR) is 171 cm³/mol. The van der Waals surface area contributed by atoms with Crippen LogP contribution < -0.4 is 11.0 Å². The number of fused-ring (bicyclic) bond motifs is 1. The van der Waals surface area contributed by atoms with Gasteiger partial charge in [0.2, 0.25) is 0 Å².